The van der Waals surface area contributed by atoms with Crippen LogP contribution in [0, 0.1) is 0 Å². The lowest BCUT2D eigenvalue weighted by atomic mass is 10.1. The molecular formula is C28H36N8O2S. The van der Waals surface area contributed by atoms with Crippen molar-refractivity contribution in [2.45, 2.75) is 69.9 Å². The van der Waals surface area contributed by atoms with Crippen LogP contribution >= 0.6 is 11.8 Å². The number of methoxy groups -OCH3 is 1. The maximum absolute atomic E-state index is 12.0. The third-order valence-electron chi connectivity index (χ3n) is 6.71. The molecule has 0 atom stereocenters. The lowest BCUT2D eigenvalue weighted by molar-refractivity contribution is -0.102. The average molecular weight is 549 g/mol. The number of aromatic nitrogens is 5. The average Bonchev–Trinajstić information content (AvgIpc) is 3.82. The van der Waals surface area contributed by atoms with Gasteiger partial charge in [0.05, 0.1) is 42.5 Å². The van der Waals surface area contributed by atoms with Gasteiger partial charge >= 0.3 is 0 Å². The molecule has 11 heteroatoms. The van der Waals surface area contributed by atoms with Crippen LogP contribution in [0.5, 0.6) is 5.88 Å². The predicted molar refractivity (Wildman–Crippen MR) is 156 cm³/mol. The lowest BCUT2D eigenvalue weighted by Gasteiger charge is -2.29. The Morgan fingerprint density at radius 1 is 1.18 bits per heavy atom. The Bertz CT molecular complexity index is 1290. The summed E-state index contributed by atoms with van der Waals surface area (Å²) in [5, 5.41) is 3.11. The normalized spacial score (nSPS) is 13.4. The van der Waals surface area contributed by atoms with Crippen LogP contribution in [-0.4, -0.2) is 63.0 Å². The molecule has 0 saturated heterocycles. The van der Waals surface area contributed by atoms with Crippen LogP contribution in [0.15, 0.2) is 40.7 Å². The molecule has 1 saturated carbocycles. The highest BCUT2D eigenvalue weighted by atomic mass is 32.2. The Morgan fingerprint density at radius 3 is 2.59 bits per heavy atom. The third kappa shape index (κ3) is 6.89. The maximum atomic E-state index is 12.0. The molecule has 3 aromatic rings. The van der Waals surface area contributed by atoms with E-state index in [4.69, 9.17) is 14.7 Å². The highest BCUT2D eigenvalue weighted by Crippen LogP contribution is 2.45. The van der Waals surface area contributed by atoms with Crippen molar-refractivity contribution in [1.82, 2.24) is 24.9 Å². The quantitative estimate of drug-likeness (QED) is 0.133. The summed E-state index contributed by atoms with van der Waals surface area (Å²) in [5.41, 5.74) is 3.10. The molecule has 1 fully saturated rings. The zero-order valence-electron chi connectivity index (χ0n) is 23.2. The molecule has 1 aliphatic rings. The number of nitrogens with one attached hydrogen (secondary N) is 1. The summed E-state index contributed by atoms with van der Waals surface area (Å²) in [6.07, 6.45) is 9.74. The molecule has 3 aromatic heterocycles. The zero-order chi connectivity index (χ0) is 27.8. The van der Waals surface area contributed by atoms with Gasteiger partial charge in [0, 0.05) is 30.1 Å². The third-order valence-corrected chi connectivity index (χ3v) is 7.58. The summed E-state index contributed by atoms with van der Waals surface area (Å²) in [5.74, 6) is 3.05. The number of amidine groups is 1. The number of rotatable bonds is 13. The number of aliphatic imine (C=N–C) groups is 1. The van der Waals surface area contributed by atoms with E-state index >= 15 is 0 Å². The van der Waals surface area contributed by atoms with Crippen molar-refractivity contribution in [1.29, 1.82) is 0 Å². The summed E-state index contributed by atoms with van der Waals surface area (Å²) >= 11 is 1.73. The smallest absolute Gasteiger partial charge is 0.226 e. The summed E-state index contributed by atoms with van der Waals surface area (Å²) < 4.78 is 5.59. The Hall–Kier alpha value is -3.60. The Kier molecular flexibility index (Phi) is 9.80. The van der Waals surface area contributed by atoms with Crippen molar-refractivity contribution in [3.8, 4) is 17.1 Å². The first-order chi connectivity index (χ1) is 19.0. The van der Waals surface area contributed by atoms with Gasteiger partial charge in [-0.15, -0.1) is 11.8 Å². The number of aldehydes is 1. The van der Waals surface area contributed by atoms with E-state index in [1.165, 1.54) is 6.33 Å². The molecule has 10 nitrogen and oxygen atoms in total. The van der Waals surface area contributed by atoms with Crippen LogP contribution in [0.2, 0.25) is 0 Å². The zero-order valence-corrected chi connectivity index (χ0v) is 24.0. The van der Waals surface area contributed by atoms with Crippen LogP contribution in [-0.2, 0) is 11.3 Å². The maximum Gasteiger partial charge on any atom is 0.226 e. The van der Waals surface area contributed by atoms with Gasteiger partial charge in [0.2, 0.25) is 5.88 Å². The molecule has 1 aliphatic carbocycles. The molecule has 0 aliphatic heterocycles. The van der Waals surface area contributed by atoms with Crippen molar-refractivity contribution < 1.29 is 9.53 Å². The minimum Gasteiger partial charge on any atom is -0.480 e. The van der Waals surface area contributed by atoms with Gasteiger partial charge in [-0.05, 0) is 43.6 Å². The van der Waals surface area contributed by atoms with Gasteiger partial charge in [-0.25, -0.2) is 19.9 Å². The van der Waals surface area contributed by atoms with E-state index in [2.05, 4.69) is 50.9 Å². The molecule has 39 heavy (non-hydrogen) atoms. The van der Waals surface area contributed by atoms with E-state index in [0.717, 1.165) is 53.3 Å². The van der Waals surface area contributed by atoms with Gasteiger partial charge in [-0.1, -0.05) is 20.8 Å². The number of thioether (sulfide) groups is 1. The molecule has 0 aromatic carbocycles. The molecule has 206 valence electrons. The van der Waals surface area contributed by atoms with Crippen LogP contribution in [0.25, 0.3) is 11.3 Å². The predicted octanol–water partition coefficient (Wildman–Crippen LogP) is 5.16. The van der Waals surface area contributed by atoms with Crippen molar-refractivity contribution in [3.63, 3.8) is 0 Å². The largest absolute Gasteiger partial charge is 0.480 e. The Morgan fingerprint density at radius 2 is 1.97 bits per heavy atom. The summed E-state index contributed by atoms with van der Waals surface area (Å²) in [4.78, 5) is 42.7. The fraction of sp³-hybridized carbons (Fsp3) is 0.464. The fourth-order valence-corrected chi connectivity index (χ4v) is 5.06. The van der Waals surface area contributed by atoms with Crippen LogP contribution in [0.4, 0.5) is 11.6 Å². The first-order valence-electron chi connectivity index (χ1n) is 13.4. The number of anilines is 2. The van der Waals surface area contributed by atoms with Gasteiger partial charge in [0.15, 0.2) is 23.8 Å². The number of hydrogen-bond donors (Lipinski definition) is 1. The monoisotopic (exact) mass is 548 g/mol. The fourth-order valence-electron chi connectivity index (χ4n) is 4.44. The second kappa shape index (κ2) is 13.5. The van der Waals surface area contributed by atoms with Gasteiger partial charge in [-0.2, -0.15) is 0 Å². The van der Waals surface area contributed by atoms with Crippen molar-refractivity contribution in [2.75, 3.05) is 30.1 Å². The topological polar surface area (TPSA) is 118 Å². The molecule has 3 heterocycles. The highest BCUT2D eigenvalue weighted by Gasteiger charge is 2.31. The molecule has 0 bridgehead atoms. The van der Waals surface area contributed by atoms with Crippen molar-refractivity contribution >= 4 is 35.5 Å². The molecule has 1 N–H and O–H groups in total. The van der Waals surface area contributed by atoms with Gasteiger partial charge < -0.3 is 15.0 Å². The molecule has 0 amide bonds. The minimum absolute atomic E-state index is 0.157. The van der Waals surface area contributed by atoms with Gasteiger partial charge in [0.1, 0.15) is 6.33 Å². The number of carbonyl (C=O) groups is 1. The molecule has 0 radical (unpaired) electrons. The Balaban J connectivity index is 1.68. The number of hydrogen-bond acceptors (Lipinski definition) is 10. The number of pyridine rings is 1. The molecular weight excluding hydrogens is 512 g/mol. The van der Waals surface area contributed by atoms with E-state index in [9.17, 15) is 4.79 Å². The Labute approximate surface area is 234 Å². The first kappa shape index (κ1) is 28.4. The molecule has 0 spiro atoms. The lowest BCUT2D eigenvalue weighted by Crippen LogP contribution is -2.32. The van der Waals surface area contributed by atoms with E-state index in [0.29, 0.717) is 35.4 Å². The second-order valence-electron chi connectivity index (χ2n) is 9.29. The van der Waals surface area contributed by atoms with E-state index < -0.39 is 0 Å². The minimum atomic E-state index is 0.157. The second-order valence-corrected chi connectivity index (χ2v) is 10.6. The van der Waals surface area contributed by atoms with E-state index in [-0.39, 0.29) is 18.4 Å². The number of carbonyl (C=O) groups excluding carboxylic acids is 1. The van der Waals surface area contributed by atoms with Crippen LogP contribution < -0.4 is 15.0 Å². The highest BCUT2D eigenvalue weighted by molar-refractivity contribution is 7.99. The summed E-state index contributed by atoms with van der Waals surface area (Å²) in [6.45, 7) is 6.66. The van der Waals surface area contributed by atoms with E-state index in [1.54, 1.807) is 25.1 Å². The van der Waals surface area contributed by atoms with Crippen LogP contribution in [0.3, 0.4) is 0 Å². The van der Waals surface area contributed by atoms with Crippen molar-refractivity contribution in [2.24, 2.45) is 4.99 Å². The SMILES string of the molecule is CCSc1ccc(CN=C(C=O)Nc2ncc(-c3c(OC)ncnc3C3CC3)nc2N(C)C(CC)CC)nc1. The summed E-state index contributed by atoms with van der Waals surface area (Å²) in [7, 11) is 3.59. The summed E-state index contributed by atoms with van der Waals surface area (Å²) in [6, 6.07) is 4.18. The van der Waals surface area contributed by atoms with Crippen molar-refractivity contribution in [3.05, 3.63) is 42.2 Å². The first-order valence-corrected chi connectivity index (χ1v) is 14.3. The molecule has 4 rings (SSSR count). The van der Waals surface area contributed by atoms with Crippen LogP contribution in [0.1, 0.15) is 63.8 Å². The molecule has 0 unspecified atom stereocenters. The van der Waals surface area contributed by atoms with Gasteiger partial charge in [-0.3, -0.25) is 14.8 Å². The standard InChI is InChI=1S/C28H36N8O2S/c1-6-20(7-2)36(4)27-26(35-23(16-37)30-13-19-11-12-21(14-29-19)39-8-3)31-15-22(34-27)24-25(18-9-10-18)32-17-33-28(24)38-5/h11-12,14-18,20H,6-10,13H2,1-5H3,(H,30,31,35). The van der Waals surface area contributed by atoms with Gasteiger partial charge in [0.25, 0.3) is 0 Å². The van der Waals surface area contributed by atoms with E-state index in [1.807, 2.05) is 25.4 Å². The number of ether oxygens (including phenoxy) is 1. The number of nitrogens with zero attached hydrogens (tertiary/aromatic N) is 7.